The summed E-state index contributed by atoms with van der Waals surface area (Å²) in [5.74, 6) is 0.302. The molecule has 2 N–H and O–H groups in total. The number of β-amino-alcohol motifs (C(OH)–C–C–N with tert-alkyl or cyclic N) is 1. The maximum atomic E-state index is 11.1. The zero-order valence-corrected chi connectivity index (χ0v) is 14.2. The summed E-state index contributed by atoms with van der Waals surface area (Å²) < 4.78 is 0. The summed E-state index contributed by atoms with van der Waals surface area (Å²) >= 11 is 1.44. The second-order valence-electron chi connectivity index (χ2n) is 5.84. The Morgan fingerprint density at radius 2 is 2.16 bits per heavy atom. The van der Waals surface area contributed by atoms with Crippen molar-refractivity contribution >= 4 is 28.4 Å². The van der Waals surface area contributed by atoms with Gasteiger partial charge in [-0.15, -0.1) is 0 Å². The summed E-state index contributed by atoms with van der Waals surface area (Å²) in [6.07, 6.45) is 2.17. The molecule has 2 aliphatic heterocycles. The van der Waals surface area contributed by atoms with E-state index in [2.05, 4.69) is 21.5 Å². The number of hydrogen-bond acceptors (Lipinski definition) is 7. The van der Waals surface area contributed by atoms with Crippen molar-refractivity contribution in [1.29, 1.82) is 0 Å². The lowest BCUT2D eigenvalue weighted by molar-refractivity contribution is -0.384. The number of carbonyl (C=O) groups excluding carboxylic acids is 1. The van der Waals surface area contributed by atoms with Crippen LogP contribution in [0.4, 0.5) is 5.69 Å². The van der Waals surface area contributed by atoms with Gasteiger partial charge in [-0.2, -0.15) is 5.10 Å². The number of aliphatic hydroxyl groups is 1. The third kappa shape index (κ3) is 4.44. The smallest absolute Gasteiger partial charge is 0.269 e. The highest BCUT2D eigenvalue weighted by Gasteiger charge is 2.21. The Morgan fingerprint density at radius 3 is 2.72 bits per heavy atom. The van der Waals surface area contributed by atoms with Gasteiger partial charge in [-0.25, -0.2) is 5.43 Å². The number of carbonyl (C=O) groups is 1. The van der Waals surface area contributed by atoms with Crippen LogP contribution in [0.3, 0.4) is 0 Å². The highest BCUT2D eigenvalue weighted by atomic mass is 32.2. The topological polar surface area (TPSA) is 108 Å². The van der Waals surface area contributed by atoms with Gasteiger partial charge in [-0.3, -0.25) is 19.8 Å². The fourth-order valence-electron chi connectivity index (χ4n) is 2.72. The minimum Gasteiger partial charge on any atom is -0.387 e. The van der Waals surface area contributed by atoms with E-state index < -0.39 is 11.0 Å². The molecule has 8 nitrogen and oxygen atoms in total. The molecule has 2 heterocycles. The third-order valence-electron chi connectivity index (χ3n) is 4.11. The Hall–Kier alpha value is -2.23. The van der Waals surface area contributed by atoms with Crippen LogP contribution in [0, 0.1) is 10.1 Å². The van der Waals surface area contributed by atoms with Gasteiger partial charge >= 0.3 is 0 Å². The molecule has 0 aromatic heterocycles. The Labute approximate surface area is 148 Å². The van der Waals surface area contributed by atoms with Crippen molar-refractivity contribution in [2.24, 2.45) is 5.10 Å². The second kappa shape index (κ2) is 7.77. The van der Waals surface area contributed by atoms with Gasteiger partial charge in [0.15, 0.2) is 0 Å². The van der Waals surface area contributed by atoms with Crippen LogP contribution >= 0.6 is 11.8 Å². The highest BCUT2D eigenvalue weighted by Crippen LogP contribution is 2.23. The van der Waals surface area contributed by atoms with Crippen molar-refractivity contribution in [3.8, 4) is 0 Å². The molecule has 3 rings (SSSR count). The van der Waals surface area contributed by atoms with Crippen LogP contribution in [-0.2, 0) is 4.79 Å². The van der Waals surface area contributed by atoms with E-state index in [0.717, 1.165) is 23.6 Å². The maximum absolute atomic E-state index is 11.1. The van der Waals surface area contributed by atoms with E-state index in [1.807, 2.05) is 0 Å². The predicted molar refractivity (Wildman–Crippen MR) is 95.2 cm³/mol. The molecule has 0 aliphatic carbocycles. The van der Waals surface area contributed by atoms with E-state index >= 15 is 0 Å². The summed E-state index contributed by atoms with van der Waals surface area (Å²) in [5.41, 5.74) is 4.28. The predicted octanol–water partition coefficient (Wildman–Crippen LogP) is 1.44. The molecule has 25 heavy (non-hydrogen) atoms. The van der Waals surface area contributed by atoms with Crippen molar-refractivity contribution in [1.82, 2.24) is 10.3 Å². The molecule has 0 radical (unpaired) electrons. The normalized spacial score (nSPS) is 19.6. The van der Waals surface area contributed by atoms with Crippen LogP contribution in [0.25, 0.3) is 0 Å². The molecule has 0 saturated carbocycles. The number of thioether (sulfide) groups is 1. The van der Waals surface area contributed by atoms with Crippen LogP contribution in [0.1, 0.15) is 18.1 Å². The van der Waals surface area contributed by atoms with Gasteiger partial charge in [0.2, 0.25) is 0 Å². The van der Waals surface area contributed by atoms with Gasteiger partial charge in [0.1, 0.15) is 5.04 Å². The monoisotopic (exact) mass is 362 g/mol. The van der Waals surface area contributed by atoms with Crippen LogP contribution in [0.2, 0.25) is 0 Å². The minimum absolute atomic E-state index is 0.0133. The molecule has 1 aromatic carbocycles. The van der Waals surface area contributed by atoms with E-state index in [1.165, 1.54) is 23.9 Å². The largest absolute Gasteiger partial charge is 0.387 e. The number of aliphatic hydroxyl groups excluding tert-OH is 1. The molecular formula is C16H18N4O4S. The molecule has 0 fully saturated rings. The number of nitrogens with zero attached hydrogens (tertiary/aromatic N) is 3. The summed E-state index contributed by atoms with van der Waals surface area (Å²) in [5, 5.41) is 25.9. The number of nitro benzene ring substituents is 1. The lowest BCUT2D eigenvalue weighted by atomic mass is 10.1. The number of nitro groups is 1. The summed E-state index contributed by atoms with van der Waals surface area (Å²) in [6, 6.07) is 5.98. The van der Waals surface area contributed by atoms with Crippen LogP contribution < -0.4 is 5.43 Å². The van der Waals surface area contributed by atoms with E-state index in [0.29, 0.717) is 24.4 Å². The molecule has 2 aliphatic rings. The van der Waals surface area contributed by atoms with Crippen molar-refractivity contribution in [3.63, 3.8) is 0 Å². The van der Waals surface area contributed by atoms with Gasteiger partial charge in [-0.1, -0.05) is 17.8 Å². The first-order valence-corrected chi connectivity index (χ1v) is 8.85. The molecule has 0 saturated heterocycles. The second-order valence-corrected chi connectivity index (χ2v) is 6.81. The van der Waals surface area contributed by atoms with E-state index in [4.69, 9.17) is 0 Å². The van der Waals surface area contributed by atoms with Gasteiger partial charge in [-0.05, 0) is 29.7 Å². The molecule has 1 atom stereocenters. The summed E-state index contributed by atoms with van der Waals surface area (Å²) in [4.78, 5) is 23.5. The lowest BCUT2D eigenvalue weighted by Crippen LogP contribution is -2.34. The number of rotatable bonds is 5. The molecule has 9 heteroatoms. The number of nitrogens with one attached hydrogen (secondary N) is 1. The molecule has 132 valence electrons. The SMILES string of the molecule is O=C1CSC(C2=CCN(CC(O)c3ccc([N+](=O)[O-])cc3)CC2)=NN1. The Morgan fingerprint density at radius 1 is 1.40 bits per heavy atom. The number of benzene rings is 1. The first-order valence-electron chi connectivity index (χ1n) is 7.86. The molecule has 0 spiro atoms. The molecule has 0 bridgehead atoms. The Balaban J connectivity index is 1.56. The average Bonchev–Trinajstić information content (AvgIpc) is 2.63. The molecule has 1 aromatic rings. The molecule has 1 amide bonds. The number of amides is 1. The van der Waals surface area contributed by atoms with Crippen molar-refractivity contribution in [3.05, 3.63) is 51.6 Å². The zero-order valence-electron chi connectivity index (χ0n) is 13.4. The third-order valence-corrected chi connectivity index (χ3v) is 5.14. The minimum atomic E-state index is -0.698. The first-order chi connectivity index (χ1) is 12.0. The number of non-ortho nitro benzene ring substituents is 1. The fraction of sp³-hybridized carbons (Fsp3) is 0.375. The quantitative estimate of drug-likeness (QED) is 0.606. The van der Waals surface area contributed by atoms with Crippen molar-refractivity contribution < 1.29 is 14.8 Å². The fourth-order valence-corrected chi connectivity index (χ4v) is 3.53. The van der Waals surface area contributed by atoms with Crippen LogP contribution in [0.15, 0.2) is 41.0 Å². The van der Waals surface area contributed by atoms with E-state index in [9.17, 15) is 20.0 Å². The standard InChI is InChI=1S/C16H18N4O4S/c21-14(11-1-3-13(4-2-11)20(23)24)9-19-7-5-12(6-8-19)16-18-17-15(22)10-25-16/h1-5,14,21H,6-10H2,(H,17,22). The van der Waals surface area contributed by atoms with Crippen LogP contribution in [-0.4, -0.2) is 51.3 Å². The Kier molecular flexibility index (Phi) is 5.47. The van der Waals surface area contributed by atoms with E-state index in [1.54, 1.807) is 12.1 Å². The average molecular weight is 362 g/mol. The zero-order chi connectivity index (χ0) is 17.8. The van der Waals surface area contributed by atoms with Crippen molar-refractivity contribution in [2.45, 2.75) is 12.5 Å². The number of hydrazone groups is 1. The van der Waals surface area contributed by atoms with Gasteiger partial charge in [0.25, 0.3) is 11.6 Å². The number of hydrogen-bond donors (Lipinski definition) is 2. The van der Waals surface area contributed by atoms with Gasteiger partial charge in [0.05, 0.1) is 16.8 Å². The lowest BCUT2D eigenvalue weighted by Gasteiger charge is -2.29. The molecular weight excluding hydrogens is 344 g/mol. The summed E-state index contributed by atoms with van der Waals surface area (Å²) in [7, 11) is 0. The molecule has 1 unspecified atom stereocenters. The first kappa shape index (κ1) is 17.6. The van der Waals surface area contributed by atoms with Crippen LogP contribution in [0.5, 0.6) is 0 Å². The summed E-state index contributed by atoms with van der Waals surface area (Å²) in [6.45, 7) is 1.92. The maximum Gasteiger partial charge on any atom is 0.269 e. The van der Waals surface area contributed by atoms with Gasteiger partial charge < -0.3 is 5.11 Å². The van der Waals surface area contributed by atoms with Crippen molar-refractivity contribution in [2.75, 3.05) is 25.4 Å². The van der Waals surface area contributed by atoms with E-state index in [-0.39, 0.29) is 11.6 Å². The van der Waals surface area contributed by atoms with Gasteiger partial charge in [0, 0.05) is 31.8 Å². The highest BCUT2D eigenvalue weighted by molar-refractivity contribution is 8.15. The Bertz CT molecular complexity index is 732.